The van der Waals surface area contributed by atoms with Crippen molar-refractivity contribution >= 4 is 0 Å². The molecule has 0 aromatic carbocycles. The summed E-state index contributed by atoms with van der Waals surface area (Å²) in [5.41, 5.74) is 1.95. The molecular formula is C14H23NO2. The Hall–Kier alpha value is -1.09. The molecule has 0 aliphatic heterocycles. The molecule has 0 amide bonds. The topological polar surface area (TPSA) is 42.4 Å². The zero-order chi connectivity index (χ0) is 12.8. The lowest BCUT2D eigenvalue weighted by molar-refractivity contribution is 0.139. The molecule has 0 fully saturated rings. The van der Waals surface area contributed by atoms with E-state index >= 15 is 0 Å². The summed E-state index contributed by atoms with van der Waals surface area (Å²) in [7, 11) is 1.66. The number of pyridine rings is 1. The number of ether oxygens (including phenoxy) is 1. The Morgan fingerprint density at radius 2 is 2.06 bits per heavy atom. The molecule has 0 saturated carbocycles. The zero-order valence-corrected chi connectivity index (χ0v) is 11.2. The number of methoxy groups -OCH3 is 1. The van der Waals surface area contributed by atoms with Crippen LogP contribution in [0.5, 0.6) is 5.75 Å². The third-order valence-electron chi connectivity index (χ3n) is 2.69. The quantitative estimate of drug-likeness (QED) is 0.827. The molecule has 0 radical (unpaired) electrons. The Bertz CT molecular complexity index is 350. The molecule has 1 atom stereocenters. The highest BCUT2D eigenvalue weighted by Gasteiger charge is 2.08. The van der Waals surface area contributed by atoms with E-state index in [0.717, 1.165) is 36.4 Å². The highest BCUT2D eigenvalue weighted by molar-refractivity contribution is 5.26. The Morgan fingerprint density at radius 1 is 1.35 bits per heavy atom. The van der Waals surface area contributed by atoms with E-state index in [1.807, 2.05) is 19.1 Å². The molecule has 0 aliphatic rings. The van der Waals surface area contributed by atoms with Gasteiger partial charge < -0.3 is 9.84 Å². The Morgan fingerprint density at radius 3 is 2.65 bits per heavy atom. The molecule has 3 nitrogen and oxygen atoms in total. The summed E-state index contributed by atoms with van der Waals surface area (Å²) in [6.07, 6.45) is 2.18. The fourth-order valence-electron chi connectivity index (χ4n) is 1.93. The van der Waals surface area contributed by atoms with Gasteiger partial charge >= 0.3 is 0 Å². The van der Waals surface area contributed by atoms with Crippen LogP contribution in [0.2, 0.25) is 0 Å². The fraction of sp³-hybridized carbons (Fsp3) is 0.643. The van der Waals surface area contributed by atoms with Crippen molar-refractivity contribution in [3.63, 3.8) is 0 Å². The van der Waals surface area contributed by atoms with E-state index in [0.29, 0.717) is 5.92 Å². The average molecular weight is 237 g/mol. The summed E-state index contributed by atoms with van der Waals surface area (Å²) in [5, 5.41) is 9.82. The van der Waals surface area contributed by atoms with E-state index in [1.165, 1.54) is 0 Å². The maximum atomic E-state index is 9.82. The maximum Gasteiger partial charge on any atom is 0.122 e. The van der Waals surface area contributed by atoms with Crippen LogP contribution in [0.25, 0.3) is 0 Å². The summed E-state index contributed by atoms with van der Waals surface area (Å²) >= 11 is 0. The summed E-state index contributed by atoms with van der Waals surface area (Å²) in [5.74, 6) is 1.37. The Labute approximate surface area is 104 Å². The van der Waals surface area contributed by atoms with Crippen molar-refractivity contribution in [2.24, 2.45) is 5.92 Å². The summed E-state index contributed by atoms with van der Waals surface area (Å²) in [6, 6.07) is 3.85. The van der Waals surface area contributed by atoms with Gasteiger partial charge in [0.15, 0.2) is 0 Å². The van der Waals surface area contributed by atoms with Gasteiger partial charge in [0.05, 0.1) is 13.2 Å². The first kappa shape index (κ1) is 14.0. The fourth-order valence-corrected chi connectivity index (χ4v) is 1.93. The molecule has 0 spiro atoms. The third-order valence-corrected chi connectivity index (χ3v) is 2.69. The van der Waals surface area contributed by atoms with Crippen LogP contribution in [0.1, 0.15) is 38.1 Å². The lowest BCUT2D eigenvalue weighted by Crippen LogP contribution is -2.11. The molecule has 1 unspecified atom stereocenters. The van der Waals surface area contributed by atoms with Crippen LogP contribution in [-0.4, -0.2) is 23.3 Å². The number of aromatic nitrogens is 1. The lowest BCUT2D eigenvalue weighted by atomic mass is 10.0. The lowest BCUT2D eigenvalue weighted by Gasteiger charge is -2.13. The van der Waals surface area contributed by atoms with Crippen molar-refractivity contribution in [1.82, 2.24) is 4.98 Å². The summed E-state index contributed by atoms with van der Waals surface area (Å²) in [4.78, 5) is 4.44. The molecule has 1 heterocycles. The standard InChI is InChI=1S/C14H23NO2/c1-10(2)7-13(16)6-5-12-9-14(17-4)8-11(3)15-12/h8-10,13,16H,5-7H2,1-4H3. The minimum atomic E-state index is -0.233. The third kappa shape index (κ3) is 5.18. The van der Waals surface area contributed by atoms with Crippen molar-refractivity contribution in [2.75, 3.05) is 7.11 Å². The van der Waals surface area contributed by atoms with Crippen LogP contribution in [0.15, 0.2) is 12.1 Å². The number of nitrogens with zero attached hydrogens (tertiary/aromatic N) is 1. The minimum absolute atomic E-state index is 0.233. The first-order valence-corrected chi connectivity index (χ1v) is 6.21. The van der Waals surface area contributed by atoms with E-state index in [-0.39, 0.29) is 6.10 Å². The van der Waals surface area contributed by atoms with Gasteiger partial charge in [0.25, 0.3) is 0 Å². The van der Waals surface area contributed by atoms with Crippen molar-refractivity contribution < 1.29 is 9.84 Å². The van der Waals surface area contributed by atoms with Gasteiger partial charge in [-0.1, -0.05) is 13.8 Å². The summed E-state index contributed by atoms with van der Waals surface area (Å²) < 4.78 is 5.20. The number of aliphatic hydroxyl groups excluding tert-OH is 1. The number of hydrogen-bond acceptors (Lipinski definition) is 3. The number of hydrogen-bond donors (Lipinski definition) is 1. The first-order valence-electron chi connectivity index (χ1n) is 6.21. The molecular weight excluding hydrogens is 214 g/mol. The number of aliphatic hydroxyl groups is 1. The highest BCUT2D eigenvalue weighted by Crippen LogP contribution is 2.16. The molecule has 0 saturated heterocycles. The SMILES string of the molecule is COc1cc(C)nc(CCC(O)CC(C)C)c1. The van der Waals surface area contributed by atoms with Crippen molar-refractivity contribution in [2.45, 2.75) is 46.1 Å². The molecule has 1 N–H and O–H groups in total. The van der Waals surface area contributed by atoms with Crippen LogP contribution >= 0.6 is 0 Å². The van der Waals surface area contributed by atoms with Gasteiger partial charge in [-0.05, 0) is 32.1 Å². The molecule has 0 aliphatic carbocycles. The molecule has 1 aromatic rings. The first-order chi connectivity index (χ1) is 8.01. The second-order valence-electron chi connectivity index (χ2n) is 4.96. The van der Waals surface area contributed by atoms with E-state index in [9.17, 15) is 5.11 Å². The van der Waals surface area contributed by atoms with Gasteiger partial charge in [-0.15, -0.1) is 0 Å². The second-order valence-corrected chi connectivity index (χ2v) is 4.96. The van der Waals surface area contributed by atoms with Crippen LogP contribution in [-0.2, 0) is 6.42 Å². The van der Waals surface area contributed by atoms with E-state index in [1.54, 1.807) is 7.11 Å². The monoisotopic (exact) mass is 237 g/mol. The van der Waals surface area contributed by atoms with Gasteiger partial charge in [-0.2, -0.15) is 0 Å². The number of aryl methyl sites for hydroxylation is 2. The smallest absolute Gasteiger partial charge is 0.122 e. The zero-order valence-electron chi connectivity index (χ0n) is 11.2. The largest absolute Gasteiger partial charge is 0.497 e. The van der Waals surface area contributed by atoms with Gasteiger partial charge in [0, 0.05) is 23.5 Å². The highest BCUT2D eigenvalue weighted by atomic mass is 16.5. The van der Waals surface area contributed by atoms with Crippen molar-refractivity contribution in [1.29, 1.82) is 0 Å². The van der Waals surface area contributed by atoms with Gasteiger partial charge in [0.1, 0.15) is 5.75 Å². The van der Waals surface area contributed by atoms with Crippen LogP contribution in [0.3, 0.4) is 0 Å². The number of rotatable bonds is 6. The molecule has 17 heavy (non-hydrogen) atoms. The second kappa shape index (κ2) is 6.60. The van der Waals surface area contributed by atoms with Crippen LogP contribution in [0, 0.1) is 12.8 Å². The normalized spacial score (nSPS) is 12.8. The predicted molar refractivity (Wildman–Crippen MR) is 69.3 cm³/mol. The Balaban J connectivity index is 2.54. The van der Waals surface area contributed by atoms with Crippen LogP contribution in [0.4, 0.5) is 0 Å². The molecule has 1 aromatic heterocycles. The van der Waals surface area contributed by atoms with Gasteiger partial charge in [-0.3, -0.25) is 4.98 Å². The van der Waals surface area contributed by atoms with E-state index in [4.69, 9.17) is 4.74 Å². The molecule has 3 heteroatoms. The van der Waals surface area contributed by atoms with Crippen molar-refractivity contribution in [3.05, 3.63) is 23.5 Å². The molecule has 96 valence electrons. The van der Waals surface area contributed by atoms with Crippen molar-refractivity contribution in [3.8, 4) is 5.75 Å². The van der Waals surface area contributed by atoms with Gasteiger partial charge in [0.2, 0.25) is 0 Å². The van der Waals surface area contributed by atoms with Gasteiger partial charge in [-0.25, -0.2) is 0 Å². The minimum Gasteiger partial charge on any atom is -0.497 e. The Kier molecular flexibility index (Phi) is 5.42. The van der Waals surface area contributed by atoms with E-state index in [2.05, 4.69) is 18.8 Å². The maximum absolute atomic E-state index is 9.82. The molecule has 1 rings (SSSR count). The summed E-state index contributed by atoms with van der Waals surface area (Å²) in [6.45, 7) is 6.20. The van der Waals surface area contributed by atoms with Crippen LogP contribution < -0.4 is 4.74 Å². The molecule has 0 bridgehead atoms. The predicted octanol–water partition coefficient (Wildman–Crippen LogP) is 2.74. The van der Waals surface area contributed by atoms with E-state index < -0.39 is 0 Å². The average Bonchev–Trinajstić information content (AvgIpc) is 2.24.